The van der Waals surface area contributed by atoms with E-state index >= 15 is 0 Å². The molecule has 0 radical (unpaired) electrons. The van der Waals surface area contributed by atoms with Gasteiger partial charge < -0.3 is 17.0 Å². The summed E-state index contributed by atoms with van der Waals surface area (Å²) in [4.78, 5) is 0. The summed E-state index contributed by atoms with van der Waals surface area (Å²) in [6.45, 7) is 6.80. The fourth-order valence-corrected chi connectivity index (χ4v) is 5.40. The summed E-state index contributed by atoms with van der Waals surface area (Å²) in [7, 11) is -0.939. The average molecular weight is 399 g/mol. The van der Waals surface area contributed by atoms with Gasteiger partial charge in [-0.1, -0.05) is 69.3 Å². The number of rotatable bonds is 3. The molecule has 0 N–H and O–H groups in total. The zero-order valence-corrected chi connectivity index (χ0v) is 17.0. The average Bonchev–Trinajstić information content (AvgIpc) is 2.57. The first-order valence-corrected chi connectivity index (χ1v) is 9.64. The van der Waals surface area contributed by atoms with Crippen LogP contribution in [0.2, 0.25) is 0 Å². The second kappa shape index (κ2) is 8.10. The van der Waals surface area contributed by atoms with Crippen LogP contribution >= 0.6 is 7.92 Å². The van der Waals surface area contributed by atoms with Gasteiger partial charge in [0, 0.05) is 0 Å². The Balaban J connectivity index is 0.00000208. The Labute approximate surface area is 157 Å². The standard InChI is InChI=1S/C22H23P.BrH/c1-22(2,3)18-14-16-21(17-15-18)23(19-10-6-4-7-11-19)20-12-8-5-9-13-20;/h4-17H,1-3H3;1H. The first kappa shape index (κ1) is 18.9. The van der Waals surface area contributed by atoms with Gasteiger partial charge in [0.2, 0.25) is 0 Å². The molecule has 0 fully saturated rings. The molecule has 3 rings (SSSR count). The quantitative estimate of drug-likeness (QED) is 0.586. The van der Waals surface area contributed by atoms with E-state index in [1.165, 1.54) is 21.5 Å². The Bertz CT molecular complexity index is 704. The van der Waals surface area contributed by atoms with Crippen molar-refractivity contribution in [2.45, 2.75) is 26.2 Å². The number of hydrogen-bond acceptors (Lipinski definition) is 0. The van der Waals surface area contributed by atoms with Crippen LogP contribution in [-0.4, -0.2) is 0 Å². The van der Waals surface area contributed by atoms with Crippen LogP contribution in [0.1, 0.15) is 26.3 Å². The Morgan fingerprint density at radius 1 is 0.542 bits per heavy atom. The van der Waals surface area contributed by atoms with Crippen molar-refractivity contribution in [2.24, 2.45) is 0 Å². The minimum absolute atomic E-state index is 0. The summed E-state index contributed by atoms with van der Waals surface area (Å²) >= 11 is 0. The summed E-state index contributed by atoms with van der Waals surface area (Å²) in [5.74, 6) is 0. The Kier molecular flexibility index (Phi) is 6.38. The molecule has 0 nitrogen and oxygen atoms in total. The summed E-state index contributed by atoms with van der Waals surface area (Å²) < 4.78 is 0. The van der Waals surface area contributed by atoms with E-state index in [1.807, 2.05) is 0 Å². The molecule has 0 bridgehead atoms. The van der Waals surface area contributed by atoms with Crippen LogP contribution in [0.25, 0.3) is 0 Å². The summed E-state index contributed by atoms with van der Waals surface area (Å²) in [6, 6.07) is 31.1. The van der Waals surface area contributed by atoms with E-state index < -0.39 is 7.92 Å². The molecule has 2 heteroatoms. The van der Waals surface area contributed by atoms with Crippen molar-refractivity contribution in [1.82, 2.24) is 0 Å². The molecule has 0 aliphatic rings. The van der Waals surface area contributed by atoms with Gasteiger partial charge in [-0.15, -0.1) is 0 Å². The fourth-order valence-electron chi connectivity index (χ4n) is 2.85. The minimum Gasteiger partial charge on any atom is -1.00 e. The second-order valence-electron chi connectivity index (χ2n) is 6.93. The van der Waals surface area contributed by atoms with Crippen molar-refractivity contribution in [3.05, 3.63) is 90.5 Å². The zero-order chi connectivity index (χ0) is 16.3. The molecule has 0 saturated carbocycles. The maximum atomic E-state index is 2.33. The van der Waals surface area contributed by atoms with Gasteiger partial charge in [-0.3, -0.25) is 0 Å². The fraction of sp³-hybridized carbons (Fsp3) is 0.182. The maximum Gasteiger partial charge on any atom is 0.102 e. The first-order chi connectivity index (χ1) is 11.1. The summed E-state index contributed by atoms with van der Waals surface area (Å²) in [5, 5.41) is 4.32. The van der Waals surface area contributed by atoms with Gasteiger partial charge in [-0.25, -0.2) is 0 Å². The van der Waals surface area contributed by atoms with Gasteiger partial charge in [-0.05, 0) is 47.4 Å². The lowest BCUT2D eigenvalue weighted by Gasteiger charge is -2.19. The molecule has 0 heterocycles. The van der Waals surface area contributed by atoms with E-state index in [1.54, 1.807) is 0 Å². The molecular weight excluding hydrogens is 375 g/mol. The van der Waals surface area contributed by atoms with Crippen LogP contribution in [0.5, 0.6) is 0 Å². The van der Waals surface area contributed by atoms with Gasteiger partial charge in [0.1, 0.15) is 15.9 Å². The Morgan fingerprint density at radius 3 is 1.29 bits per heavy atom. The maximum absolute atomic E-state index is 2.33. The highest BCUT2D eigenvalue weighted by Gasteiger charge is 2.25. The van der Waals surface area contributed by atoms with Crippen molar-refractivity contribution in [1.29, 1.82) is 0 Å². The van der Waals surface area contributed by atoms with E-state index in [0.717, 1.165) is 0 Å². The smallest absolute Gasteiger partial charge is 0.102 e. The van der Waals surface area contributed by atoms with Gasteiger partial charge in [0.05, 0.1) is 7.92 Å². The second-order valence-corrected chi connectivity index (χ2v) is 9.42. The highest BCUT2D eigenvalue weighted by Crippen LogP contribution is 2.33. The SMILES string of the molecule is CC(C)(C)c1ccc([PH+](c2ccccc2)c2ccccc2)cc1.[Br-]. The normalized spacial score (nSPS) is 11.2. The molecule has 124 valence electrons. The molecular formula is C22H24BrP. The molecule has 0 amide bonds. The third kappa shape index (κ3) is 4.35. The summed E-state index contributed by atoms with van der Waals surface area (Å²) in [6.07, 6.45) is 0. The molecule has 0 aromatic heterocycles. The predicted octanol–water partition coefficient (Wildman–Crippen LogP) is 1.48. The van der Waals surface area contributed by atoms with Crippen LogP contribution in [0.3, 0.4) is 0 Å². The van der Waals surface area contributed by atoms with Crippen LogP contribution < -0.4 is 32.9 Å². The molecule has 3 aromatic carbocycles. The van der Waals surface area contributed by atoms with Crippen molar-refractivity contribution in [2.75, 3.05) is 0 Å². The largest absolute Gasteiger partial charge is 1.00 e. The van der Waals surface area contributed by atoms with Crippen LogP contribution in [0.4, 0.5) is 0 Å². The molecule has 0 aliphatic carbocycles. The number of benzene rings is 3. The molecule has 0 saturated heterocycles. The molecule has 0 unspecified atom stereocenters. The highest BCUT2D eigenvalue weighted by atomic mass is 79.9. The van der Waals surface area contributed by atoms with Gasteiger partial charge in [-0.2, -0.15) is 0 Å². The van der Waals surface area contributed by atoms with E-state index in [2.05, 4.69) is 106 Å². The van der Waals surface area contributed by atoms with Gasteiger partial charge >= 0.3 is 0 Å². The van der Waals surface area contributed by atoms with Crippen molar-refractivity contribution in [3.8, 4) is 0 Å². The van der Waals surface area contributed by atoms with Crippen molar-refractivity contribution < 1.29 is 17.0 Å². The van der Waals surface area contributed by atoms with E-state index in [-0.39, 0.29) is 22.4 Å². The monoisotopic (exact) mass is 398 g/mol. The third-order valence-electron chi connectivity index (χ3n) is 4.16. The van der Waals surface area contributed by atoms with Crippen LogP contribution in [-0.2, 0) is 5.41 Å². The molecule has 24 heavy (non-hydrogen) atoms. The third-order valence-corrected chi connectivity index (χ3v) is 6.90. The predicted molar refractivity (Wildman–Crippen MR) is 105 cm³/mol. The molecule has 0 spiro atoms. The summed E-state index contributed by atoms with van der Waals surface area (Å²) in [5.41, 5.74) is 1.59. The molecule has 0 atom stereocenters. The van der Waals surface area contributed by atoms with Crippen molar-refractivity contribution in [3.63, 3.8) is 0 Å². The minimum atomic E-state index is -0.939. The van der Waals surface area contributed by atoms with Gasteiger partial charge in [0.15, 0.2) is 0 Å². The molecule has 0 aliphatic heterocycles. The van der Waals surface area contributed by atoms with Crippen molar-refractivity contribution >= 4 is 23.8 Å². The first-order valence-electron chi connectivity index (χ1n) is 8.14. The molecule has 3 aromatic rings. The number of halogens is 1. The van der Waals surface area contributed by atoms with E-state index in [0.29, 0.717) is 0 Å². The lowest BCUT2D eigenvalue weighted by Crippen LogP contribution is -3.00. The van der Waals surface area contributed by atoms with Crippen LogP contribution in [0, 0.1) is 0 Å². The topological polar surface area (TPSA) is 0 Å². The lowest BCUT2D eigenvalue weighted by atomic mass is 9.87. The highest BCUT2D eigenvalue weighted by molar-refractivity contribution is 7.79. The van der Waals surface area contributed by atoms with Gasteiger partial charge in [0.25, 0.3) is 0 Å². The number of hydrogen-bond donors (Lipinski definition) is 0. The zero-order valence-electron chi connectivity index (χ0n) is 14.5. The van der Waals surface area contributed by atoms with E-state index in [9.17, 15) is 0 Å². The lowest BCUT2D eigenvalue weighted by molar-refractivity contribution is -0.00000490. The van der Waals surface area contributed by atoms with Crippen LogP contribution in [0.15, 0.2) is 84.9 Å². The Hall–Kier alpha value is -1.43. The van der Waals surface area contributed by atoms with E-state index in [4.69, 9.17) is 0 Å². The Morgan fingerprint density at radius 2 is 0.917 bits per heavy atom.